The van der Waals surface area contributed by atoms with Crippen molar-refractivity contribution in [2.45, 2.75) is 45.4 Å². The number of hydrogen-bond donors (Lipinski definition) is 3. The zero-order valence-corrected chi connectivity index (χ0v) is 13.7. The van der Waals surface area contributed by atoms with E-state index in [-0.39, 0.29) is 23.0 Å². The SMILES string of the molecule is CC1(C(=O)NCCCNC(=O)c2ccc(O)cc2)CCCCC1. The molecule has 0 spiro atoms. The normalized spacial score (nSPS) is 16.6. The first-order valence-electron chi connectivity index (χ1n) is 8.37. The standard InChI is InChI=1S/C18H26N2O3/c1-18(10-3-2-4-11-18)17(23)20-13-5-12-19-16(22)14-6-8-15(21)9-7-14/h6-9,21H,2-5,10-13H2,1H3,(H,19,22)(H,20,23). The molecule has 0 heterocycles. The van der Waals surface area contributed by atoms with E-state index in [1.807, 2.05) is 6.92 Å². The maximum Gasteiger partial charge on any atom is 0.251 e. The number of aromatic hydroxyl groups is 1. The number of hydrogen-bond acceptors (Lipinski definition) is 3. The summed E-state index contributed by atoms with van der Waals surface area (Å²) < 4.78 is 0. The molecule has 126 valence electrons. The van der Waals surface area contributed by atoms with Crippen LogP contribution in [0.5, 0.6) is 5.75 Å². The monoisotopic (exact) mass is 318 g/mol. The van der Waals surface area contributed by atoms with Crippen LogP contribution in [-0.2, 0) is 4.79 Å². The predicted molar refractivity (Wildman–Crippen MR) is 89.3 cm³/mol. The largest absolute Gasteiger partial charge is 0.508 e. The summed E-state index contributed by atoms with van der Waals surface area (Å²) in [7, 11) is 0. The molecule has 5 heteroatoms. The Hall–Kier alpha value is -2.04. The number of amides is 2. The summed E-state index contributed by atoms with van der Waals surface area (Å²) in [6.07, 6.45) is 6.13. The van der Waals surface area contributed by atoms with Gasteiger partial charge < -0.3 is 15.7 Å². The molecule has 23 heavy (non-hydrogen) atoms. The molecule has 0 aliphatic heterocycles. The smallest absolute Gasteiger partial charge is 0.251 e. The molecule has 1 fully saturated rings. The summed E-state index contributed by atoms with van der Waals surface area (Å²) >= 11 is 0. The Morgan fingerprint density at radius 2 is 1.65 bits per heavy atom. The van der Waals surface area contributed by atoms with Crippen LogP contribution in [0.3, 0.4) is 0 Å². The minimum atomic E-state index is -0.215. The molecule has 5 nitrogen and oxygen atoms in total. The van der Waals surface area contributed by atoms with Crippen molar-refractivity contribution in [1.82, 2.24) is 10.6 Å². The summed E-state index contributed by atoms with van der Waals surface area (Å²) in [5, 5.41) is 15.0. The van der Waals surface area contributed by atoms with Crippen LogP contribution in [0.2, 0.25) is 0 Å². The predicted octanol–water partition coefficient (Wildman–Crippen LogP) is 2.60. The Bertz CT molecular complexity index is 534. The van der Waals surface area contributed by atoms with Gasteiger partial charge in [-0.2, -0.15) is 0 Å². The average molecular weight is 318 g/mol. The molecule has 0 radical (unpaired) electrons. The van der Waals surface area contributed by atoms with Crippen molar-refractivity contribution in [2.75, 3.05) is 13.1 Å². The van der Waals surface area contributed by atoms with E-state index >= 15 is 0 Å². The highest BCUT2D eigenvalue weighted by molar-refractivity contribution is 5.94. The van der Waals surface area contributed by atoms with Crippen molar-refractivity contribution >= 4 is 11.8 Å². The van der Waals surface area contributed by atoms with Gasteiger partial charge in [0.25, 0.3) is 5.91 Å². The third kappa shape index (κ3) is 4.98. The summed E-state index contributed by atoms with van der Waals surface area (Å²) in [6, 6.07) is 6.13. The highest BCUT2D eigenvalue weighted by Crippen LogP contribution is 2.35. The second kappa shape index (κ2) is 7.99. The van der Waals surface area contributed by atoms with Gasteiger partial charge in [0.15, 0.2) is 0 Å². The highest BCUT2D eigenvalue weighted by Gasteiger charge is 2.33. The van der Waals surface area contributed by atoms with Crippen molar-refractivity contribution in [3.63, 3.8) is 0 Å². The Morgan fingerprint density at radius 3 is 2.30 bits per heavy atom. The van der Waals surface area contributed by atoms with Crippen molar-refractivity contribution in [2.24, 2.45) is 5.41 Å². The van der Waals surface area contributed by atoms with Crippen LogP contribution < -0.4 is 10.6 Å². The second-order valence-corrected chi connectivity index (χ2v) is 6.53. The van der Waals surface area contributed by atoms with E-state index in [9.17, 15) is 14.7 Å². The fourth-order valence-corrected chi connectivity index (χ4v) is 2.98. The van der Waals surface area contributed by atoms with Gasteiger partial charge in [-0.25, -0.2) is 0 Å². The van der Waals surface area contributed by atoms with Crippen molar-refractivity contribution in [3.8, 4) is 5.75 Å². The Balaban J connectivity index is 1.64. The third-order valence-corrected chi connectivity index (χ3v) is 4.56. The summed E-state index contributed by atoms with van der Waals surface area (Å²) in [4.78, 5) is 24.1. The van der Waals surface area contributed by atoms with Crippen LogP contribution >= 0.6 is 0 Å². The van der Waals surface area contributed by atoms with Gasteiger partial charge in [-0.05, 0) is 43.5 Å². The summed E-state index contributed by atoms with van der Waals surface area (Å²) in [6.45, 7) is 3.13. The minimum absolute atomic E-state index is 0.139. The van der Waals surface area contributed by atoms with E-state index in [2.05, 4.69) is 10.6 Å². The number of nitrogens with one attached hydrogen (secondary N) is 2. The van der Waals surface area contributed by atoms with Crippen LogP contribution in [0.25, 0.3) is 0 Å². The van der Waals surface area contributed by atoms with Crippen LogP contribution in [0.15, 0.2) is 24.3 Å². The van der Waals surface area contributed by atoms with Crippen LogP contribution in [0, 0.1) is 5.41 Å². The van der Waals surface area contributed by atoms with Gasteiger partial charge in [0.05, 0.1) is 0 Å². The van der Waals surface area contributed by atoms with E-state index in [1.165, 1.54) is 18.6 Å². The van der Waals surface area contributed by atoms with E-state index in [1.54, 1.807) is 12.1 Å². The molecule has 0 aromatic heterocycles. The number of phenols is 1. The third-order valence-electron chi connectivity index (χ3n) is 4.56. The molecule has 2 rings (SSSR count). The molecular formula is C18H26N2O3. The first kappa shape index (κ1) is 17.3. The maximum absolute atomic E-state index is 12.2. The molecule has 1 aliphatic rings. The Labute approximate surface area is 137 Å². The Kier molecular flexibility index (Phi) is 6.02. The maximum atomic E-state index is 12.2. The minimum Gasteiger partial charge on any atom is -0.508 e. The van der Waals surface area contributed by atoms with Crippen LogP contribution in [0.4, 0.5) is 0 Å². The number of carbonyl (C=O) groups is 2. The summed E-state index contributed by atoms with van der Waals surface area (Å²) in [5.41, 5.74) is 0.301. The molecule has 0 bridgehead atoms. The van der Waals surface area contributed by atoms with Gasteiger partial charge in [0.2, 0.25) is 5.91 Å². The van der Waals surface area contributed by atoms with Gasteiger partial charge in [0.1, 0.15) is 5.75 Å². The topological polar surface area (TPSA) is 78.4 Å². The molecular weight excluding hydrogens is 292 g/mol. The molecule has 3 N–H and O–H groups in total. The van der Waals surface area contributed by atoms with E-state index in [4.69, 9.17) is 0 Å². The van der Waals surface area contributed by atoms with E-state index in [0.717, 1.165) is 25.7 Å². The molecule has 0 saturated heterocycles. The lowest BCUT2D eigenvalue weighted by molar-refractivity contribution is -0.131. The van der Waals surface area contributed by atoms with Gasteiger partial charge in [-0.3, -0.25) is 9.59 Å². The van der Waals surface area contributed by atoms with Crippen molar-refractivity contribution < 1.29 is 14.7 Å². The van der Waals surface area contributed by atoms with Gasteiger partial charge in [-0.1, -0.05) is 26.2 Å². The molecule has 2 amide bonds. The highest BCUT2D eigenvalue weighted by atomic mass is 16.3. The Morgan fingerprint density at radius 1 is 1.04 bits per heavy atom. The number of benzene rings is 1. The zero-order chi connectivity index (χ0) is 16.7. The van der Waals surface area contributed by atoms with Gasteiger partial charge in [-0.15, -0.1) is 0 Å². The first-order valence-corrected chi connectivity index (χ1v) is 8.37. The number of carbonyl (C=O) groups excluding carboxylic acids is 2. The quantitative estimate of drug-likeness (QED) is 0.706. The van der Waals surface area contributed by atoms with Gasteiger partial charge in [0, 0.05) is 24.1 Å². The van der Waals surface area contributed by atoms with E-state index in [0.29, 0.717) is 25.1 Å². The van der Waals surface area contributed by atoms with E-state index < -0.39 is 0 Å². The van der Waals surface area contributed by atoms with Crippen molar-refractivity contribution in [3.05, 3.63) is 29.8 Å². The first-order chi connectivity index (χ1) is 11.0. The molecule has 0 unspecified atom stereocenters. The number of rotatable bonds is 6. The lowest BCUT2D eigenvalue weighted by Crippen LogP contribution is -2.41. The lowest BCUT2D eigenvalue weighted by atomic mass is 9.75. The molecule has 1 aliphatic carbocycles. The zero-order valence-electron chi connectivity index (χ0n) is 13.7. The second-order valence-electron chi connectivity index (χ2n) is 6.53. The van der Waals surface area contributed by atoms with Crippen LogP contribution in [-0.4, -0.2) is 30.0 Å². The molecule has 0 atom stereocenters. The fraction of sp³-hybridized carbons (Fsp3) is 0.556. The van der Waals surface area contributed by atoms with Crippen molar-refractivity contribution in [1.29, 1.82) is 0 Å². The van der Waals surface area contributed by atoms with Gasteiger partial charge >= 0.3 is 0 Å². The molecule has 1 aromatic carbocycles. The summed E-state index contributed by atoms with van der Waals surface area (Å²) in [5.74, 6) is 0.109. The average Bonchev–Trinajstić information content (AvgIpc) is 2.55. The molecule has 1 aromatic rings. The molecule has 1 saturated carbocycles. The fourth-order valence-electron chi connectivity index (χ4n) is 2.98. The lowest BCUT2D eigenvalue weighted by Gasteiger charge is -2.32. The number of phenolic OH excluding ortho intramolecular Hbond substituents is 1. The van der Waals surface area contributed by atoms with Crippen LogP contribution in [0.1, 0.15) is 55.8 Å².